The Bertz CT molecular complexity index is 877. The minimum atomic E-state index is -0.430. The maximum atomic E-state index is 13.4. The third-order valence-corrected chi connectivity index (χ3v) is 6.85. The van der Waals surface area contributed by atoms with Crippen molar-refractivity contribution in [2.24, 2.45) is 11.3 Å². The number of likely N-dealkylation sites (tertiary alicyclic amines) is 1. The van der Waals surface area contributed by atoms with Crippen molar-refractivity contribution in [3.8, 4) is 11.1 Å². The van der Waals surface area contributed by atoms with Gasteiger partial charge in [0.25, 0.3) is 0 Å². The van der Waals surface area contributed by atoms with E-state index in [0.29, 0.717) is 25.6 Å². The van der Waals surface area contributed by atoms with Gasteiger partial charge in [0.15, 0.2) is 0 Å². The topological polar surface area (TPSA) is 41.6 Å². The minimum Gasteiger partial charge on any atom is -0.381 e. The number of ether oxygens (including phenoxy) is 1. The van der Waals surface area contributed by atoms with E-state index < -0.39 is 5.41 Å². The average Bonchev–Trinajstić information content (AvgIpc) is 2.79. The van der Waals surface area contributed by atoms with Crippen molar-refractivity contribution in [3.63, 3.8) is 0 Å². The highest BCUT2D eigenvalue weighted by molar-refractivity contribution is 5.83. The second-order valence-electron chi connectivity index (χ2n) is 9.26. The van der Waals surface area contributed by atoms with Crippen LogP contribution in [0.1, 0.15) is 31.2 Å². The van der Waals surface area contributed by atoms with Crippen LogP contribution in [-0.2, 0) is 16.0 Å². The lowest BCUT2D eigenvalue weighted by Crippen LogP contribution is -2.48. The zero-order chi connectivity index (χ0) is 21.7. The molecule has 0 bridgehead atoms. The number of rotatable bonds is 6. The fraction of sp³-hybridized carbons (Fsp3) is 0.500. The van der Waals surface area contributed by atoms with Crippen molar-refractivity contribution in [3.05, 3.63) is 59.9 Å². The molecule has 4 nitrogen and oxygen atoms in total. The SMILES string of the molecule is CN1CCCC(CNC(=O)C2(Cc3cccc(-c4ccc(F)cc4)c3)CCOCC2)C1. The Hall–Kier alpha value is -2.24. The van der Waals surface area contributed by atoms with Crippen LogP contribution < -0.4 is 5.32 Å². The van der Waals surface area contributed by atoms with Crippen LogP contribution in [0.3, 0.4) is 0 Å². The largest absolute Gasteiger partial charge is 0.381 e. The first kappa shape index (κ1) is 22.0. The summed E-state index contributed by atoms with van der Waals surface area (Å²) in [7, 11) is 2.15. The molecule has 0 radical (unpaired) electrons. The Morgan fingerprint density at radius 3 is 2.68 bits per heavy atom. The summed E-state index contributed by atoms with van der Waals surface area (Å²) < 4.78 is 18.9. The number of nitrogens with zero attached hydrogens (tertiary/aromatic N) is 1. The van der Waals surface area contributed by atoms with E-state index in [2.05, 4.69) is 29.4 Å². The van der Waals surface area contributed by atoms with Crippen LogP contribution in [0.4, 0.5) is 4.39 Å². The van der Waals surface area contributed by atoms with Gasteiger partial charge in [-0.05, 0) is 80.4 Å². The zero-order valence-corrected chi connectivity index (χ0v) is 18.4. The van der Waals surface area contributed by atoms with Crippen LogP contribution >= 0.6 is 0 Å². The number of halogens is 1. The molecule has 1 amide bonds. The van der Waals surface area contributed by atoms with Crippen molar-refractivity contribution >= 4 is 5.91 Å². The maximum Gasteiger partial charge on any atom is 0.226 e. The van der Waals surface area contributed by atoms with Crippen LogP contribution in [0, 0.1) is 17.2 Å². The van der Waals surface area contributed by atoms with E-state index in [4.69, 9.17) is 4.74 Å². The van der Waals surface area contributed by atoms with Gasteiger partial charge in [0, 0.05) is 26.3 Å². The van der Waals surface area contributed by atoms with Gasteiger partial charge in [-0.3, -0.25) is 4.79 Å². The summed E-state index contributed by atoms with van der Waals surface area (Å²) in [6, 6.07) is 14.8. The highest BCUT2D eigenvalue weighted by Crippen LogP contribution is 2.36. The van der Waals surface area contributed by atoms with E-state index >= 15 is 0 Å². The molecular formula is C26H33FN2O2. The summed E-state index contributed by atoms with van der Waals surface area (Å²) in [5, 5.41) is 3.29. The number of piperidine rings is 1. The molecule has 2 aliphatic rings. The maximum absolute atomic E-state index is 13.4. The standard InChI is InChI=1S/C26H33FN2O2/c1-29-13-3-5-21(19-29)18-28-25(30)26(11-14-31-15-12-26)17-20-4-2-6-23(16-20)22-7-9-24(27)10-8-22/h2,4,6-10,16,21H,3,5,11-15,17-19H2,1H3,(H,28,30). The Morgan fingerprint density at radius 2 is 1.94 bits per heavy atom. The number of carbonyl (C=O) groups excluding carboxylic acids is 1. The molecule has 0 saturated carbocycles. The second-order valence-corrected chi connectivity index (χ2v) is 9.26. The zero-order valence-electron chi connectivity index (χ0n) is 18.4. The fourth-order valence-corrected chi connectivity index (χ4v) is 5.00. The molecule has 31 heavy (non-hydrogen) atoms. The average molecular weight is 425 g/mol. The molecule has 1 N–H and O–H groups in total. The predicted molar refractivity (Wildman–Crippen MR) is 121 cm³/mol. The highest BCUT2D eigenvalue weighted by Gasteiger charge is 2.40. The van der Waals surface area contributed by atoms with E-state index in [-0.39, 0.29) is 11.7 Å². The smallest absolute Gasteiger partial charge is 0.226 e. The molecular weight excluding hydrogens is 391 g/mol. The van der Waals surface area contributed by atoms with Crippen molar-refractivity contribution in [1.29, 1.82) is 0 Å². The number of hydrogen-bond acceptors (Lipinski definition) is 3. The minimum absolute atomic E-state index is 0.163. The summed E-state index contributed by atoms with van der Waals surface area (Å²) in [6.07, 6.45) is 4.56. The van der Waals surface area contributed by atoms with E-state index in [9.17, 15) is 9.18 Å². The predicted octanol–water partition coefficient (Wildman–Crippen LogP) is 4.29. The van der Waals surface area contributed by atoms with Crippen LogP contribution in [0.25, 0.3) is 11.1 Å². The molecule has 2 saturated heterocycles. The summed E-state index contributed by atoms with van der Waals surface area (Å²) in [4.78, 5) is 15.8. The van der Waals surface area contributed by atoms with Crippen molar-refractivity contribution in [1.82, 2.24) is 10.2 Å². The second kappa shape index (κ2) is 9.92. The van der Waals surface area contributed by atoms with Gasteiger partial charge in [-0.15, -0.1) is 0 Å². The molecule has 2 aromatic rings. The summed E-state index contributed by atoms with van der Waals surface area (Å²) in [5.41, 5.74) is 2.73. The first-order valence-corrected chi connectivity index (χ1v) is 11.4. The number of hydrogen-bond donors (Lipinski definition) is 1. The molecule has 2 aromatic carbocycles. The van der Waals surface area contributed by atoms with Crippen molar-refractivity contribution in [2.45, 2.75) is 32.1 Å². The number of amides is 1. The van der Waals surface area contributed by atoms with Crippen LogP contribution in [0.5, 0.6) is 0 Å². The van der Waals surface area contributed by atoms with Gasteiger partial charge in [0.05, 0.1) is 5.41 Å². The van der Waals surface area contributed by atoms with Gasteiger partial charge in [-0.1, -0.05) is 36.4 Å². The third-order valence-electron chi connectivity index (χ3n) is 6.85. The molecule has 2 fully saturated rings. The lowest BCUT2D eigenvalue weighted by molar-refractivity contribution is -0.137. The van der Waals surface area contributed by atoms with E-state index in [1.54, 1.807) is 12.1 Å². The number of nitrogens with one attached hydrogen (secondary N) is 1. The van der Waals surface area contributed by atoms with Crippen LogP contribution in [0.15, 0.2) is 48.5 Å². The Balaban J connectivity index is 1.48. The number of carbonyl (C=O) groups is 1. The molecule has 5 heteroatoms. The van der Waals surface area contributed by atoms with Crippen LogP contribution in [-0.4, -0.2) is 50.7 Å². The van der Waals surface area contributed by atoms with Gasteiger partial charge < -0.3 is 15.0 Å². The normalized spacial score (nSPS) is 21.5. The Labute approximate surface area is 184 Å². The first-order chi connectivity index (χ1) is 15.0. The van der Waals surface area contributed by atoms with Gasteiger partial charge >= 0.3 is 0 Å². The highest BCUT2D eigenvalue weighted by atomic mass is 19.1. The van der Waals surface area contributed by atoms with Gasteiger partial charge in [0.2, 0.25) is 5.91 Å². The Morgan fingerprint density at radius 1 is 1.16 bits per heavy atom. The molecule has 0 spiro atoms. The van der Waals surface area contributed by atoms with Gasteiger partial charge in [-0.2, -0.15) is 0 Å². The fourth-order valence-electron chi connectivity index (χ4n) is 5.00. The number of benzene rings is 2. The van der Waals surface area contributed by atoms with Crippen molar-refractivity contribution in [2.75, 3.05) is 39.9 Å². The molecule has 2 aliphatic heterocycles. The quantitative estimate of drug-likeness (QED) is 0.752. The summed E-state index contributed by atoms with van der Waals surface area (Å²) in [6.45, 7) is 4.20. The third kappa shape index (κ3) is 5.52. The van der Waals surface area contributed by atoms with E-state index in [0.717, 1.165) is 49.2 Å². The van der Waals surface area contributed by atoms with Crippen LogP contribution in [0.2, 0.25) is 0 Å². The molecule has 0 aromatic heterocycles. The van der Waals surface area contributed by atoms with Gasteiger partial charge in [-0.25, -0.2) is 4.39 Å². The lowest BCUT2D eigenvalue weighted by Gasteiger charge is -2.37. The van der Waals surface area contributed by atoms with E-state index in [1.807, 2.05) is 12.1 Å². The summed E-state index contributed by atoms with van der Waals surface area (Å²) in [5.74, 6) is 0.458. The Kier molecular flexibility index (Phi) is 7.03. The lowest BCUT2D eigenvalue weighted by atomic mass is 9.74. The van der Waals surface area contributed by atoms with E-state index in [1.165, 1.54) is 25.0 Å². The van der Waals surface area contributed by atoms with Crippen molar-refractivity contribution < 1.29 is 13.9 Å². The molecule has 1 atom stereocenters. The monoisotopic (exact) mass is 424 g/mol. The molecule has 0 aliphatic carbocycles. The summed E-state index contributed by atoms with van der Waals surface area (Å²) >= 11 is 0. The molecule has 4 rings (SSSR count). The molecule has 166 valence electrons. The van der Waals surface area contributed by atoms with Gasteiger partial charge in [0.1, 0.15) is 5.82 Å². The molecule has 1 unspecified atom stereocenters. The molecule has 2 heterocycles. The first-order valence-electron chi connectivity index (χ1n) is 11.4.